The lowest BCUT2D eigenvalue weighted by Crippen LogP contribution is -2.48. The molecule has 2 aromatic rings. The van der Waals surface area contributed by atoms with E-state index in [1.807, 2.05) is 18.2 Å². The molecule has 2 amide bonds. The highest BCUT2D eigenvalue weighted by Crippen LogP contribution is 2.16. The Morgan fingerprint density at radius 3 is 2.43 bits per heavy atom. The van der Waals surface area contributed by atoms with E-state index in [4.69, 9.17) is 0 Å². The number of rotatable bonds is 5. The van der Waals surface area contributed by atoms with E-state index in [2.05, 4.69) is 48.7 Å². The molecule has 0 radical (unpaired) electrons. The van der Waals surface area contributed by atoms with Crippen LogP contribution < -0.4 is 15.8 Å². The van der Waals surface area contributed by atoms with Gasteiger partial charge in [-0.3, -0.25) is 25.3 Å². The topological polar surface area (TPSA) is 64.7 Å². The quantitative estimate of drug-likeness (QED) is 0.689. The second-order valence-corrected chi connectivity index (χ2v) is 7.46. The monoisotopic (exact) mass is 448 g/mol. The molecule has 8 heteroatoms. The molecule has 0 unspecified atom stereocenters. The average molecular weight is 449 g/mol. The highest BCUT2D eigenvalue weighted by molar-refractivity contribution is 9.10. The zero-order chi connectivity index (χ0) is 19.9. The standard InChI is InChI=1S/C20H22BrFN4O2/c21-15-6-7-18(22)17(14-15)20(28)24-23-19(27)8-9-25-10-12-26(13-11-25)16-4-2-1-3-5-16/h1-7,14H,8-13H2,(H,23,27)(H,24,28). The largest absolute Gasteiger partial charge is 0.369 e. The molecule has 1 aliphatic rings. The molecular formula is C20H22BrFN4O2. The number of carbonyl (C=O) groups excluding carboxylic acids is 2. The van der Waals surface area contributed by atoms with Crippen molar-refractivity contribution in [1.29, 1.82) is 0 Å². The van der Waals surface area contributed by atoms with Crippen molar-refractivity contribution in [3.8, 4) is 0 Å². The van der Waals surface area contributed by atoms with Gasteiger partial charge < -0.3 is 4.90 Å². The lowest BCUT2D eigenvalue weighted by atomic mass is 10.2. The zero-order valence-electron chi connectivity index (χ0n) is 15.3. The molecule has 2 N–H and O–H groups in total. The number of anilines is 1. The van der Waals surface area contributed by atoms with Crippen LogP contribution in [0.1, 0.15) is 16.8 Å². The summed E-state index contributed by atoms with van der Waals surface area (Å²) in [5.74, 6) is -1.65. The molecule has 0 atom stereocenters. The number of hydrazine groups is 1. The van der Waals surface area contributed by atoms with Crippen LogP contribution >= 0.6 is 15.9 Å². The SMILES string of the molecule is O=C(CCN1CCN(c2ccccc2)CC1)NNC(=O)c1cc(Br)ccc1F. The lowest BCUT2D eigenvalue weighted by Gasteiger charge is -2.36. The summed E-state index contributed by atoms with van der Waals surface area (Å²) in [6.07, 6.45) is 0.257. The Hall–Kier alpha value is -2.45. The van der Waals surface area contributed by atoms with Gasteiger partial charge in [0.1, 0.15) is 5.82 Å². The molecule has 6 nitrogen and oxygen atoms in total. The van der Waals surface area contributed by atoms with Gasteiger partial charge in [-0.15, -0.1) is 0 Å². The second kappa shape index (κ2) is 9.66. The Labute approximate surface area is 171 Å². The van der Waals surface area contributed by atoms with Crippen LogP contribution in [0.4, 0.5) is 10.1 Å². The van der Waals surface area contributed by atoms with Crippen molar-refractivity contribution in [2.75, 3.05) is 37.6 Å². The predicted octanol–water partition coefficient (Wildman–Crippen LogP) is 2.56. The summed E-state index contributed by atoms with van der Waals surface area (Å²) in [5.41, 5.74) is 5.68. The molecule has 1 fully saturated rings. The van der Waals surface area contributed by atoms with Crippen LogP contribution in [-0.4, -0.2) is 49.4 Å². The number of nitrogens with zero attached hydrogens (tertiary/aromatic N) is 2. The van der Waals surface area contributed by atoms with Gasteiger partial charge in [-0.1, -0.05) is 34.1 Å². The fourth-order valence-electron chi connectivity index (χ4n) is 3.06. The molecule has 1 aliphatic heterocycles. The van der Waals surface area contributed by atoms with E-state index in [1.165, 1.54) is 23.9 Å². The van der Waals surface area contributed by atoms with Crippen molar-refractivity contribution in [2.45, 2.75) is 6.42 Å². The number of piperazine rings is 1. The van der Waals surface area contributed by atoms with Crippen molar-refractivity contribution in [3.05, 3.63) is 64.4 Å². The van der Waals surface area contributed by atoms with Crippen LogP contribution in [0.3, 0.4) is 0 Å². The highest BCUT2D eigenvalue weighted by Gasteiger charge is 2.18. The maximum Gasteiger partial charge on any atom is 0.272 e. The molecular weight excluding hydrogens is 427 g/mol. The van der Waals surface area contributed by atoms with Crippen molar-refractivity contribution in [1.82, 2.24) is 15.8 Å². The minimum atomic E-state index is -0.691. The van der Waals surface area contributed by atoms with Gasteiger partial charge in [0.05, 0.1) is 5.56 Å². The Balaban J connectivity index is 1.38. The van der Waals surface area contributed by atoms with Gasteiger partial charge >= 0.3 is 0 Å². The van der Waals surface area contributed by atoms with Crippen LogP contribution in [-0.2, 0) is 4.79 Å². The highest BCUT2D eigenvalue weighted by atomic mass is 79.9. The van der Waals surface area contributed by atoms with Crippen LogP contribution in [0.2, 0.25) is 0 Å². The molecule has 0 saturated carbocycles. The Bertz CT molecular complexity index is 826. The summed E-state index contributed by atoms with van der Waals surface area (Å²) >= 11 is 3.19. The smallest absolute Gasteiger partial charge is 0.272 e. The van der Waals surface area contributed by atoms with Gasteiger partial charge in [-0.2, -0.15) is 0 Å². The number of hydrogen-bond donors (Lipinski definition) is 2. The Kier molecular flexibility index (Phi) is 7.00. The molecule has 0 aromatic heterocycles. The van der Waals surface area contributed by atoms with E-state index in [1.54, 1.807) is 0 Å². The van der Waals surface area contributed by atoms with Crippen LogP contribution in [0.5, 0.6) is 0 Å². The zero-order valence-corrected chi connectivity index (χ0v) is 16.9. The van der Waals surface area contributed by atoms with Gasteiger partial charge in [0.15, 0.2) is 0 Å². The van der Waals surface area contributed by atoms with Gasteiger partial charge in [0.2, 0.25) is 5.91 Å². The van der Waals surface area contributed by atoms with Crippen LogP contribution in [0.15, 0.2) is 53.0 Å². The molecule has 28 heavy (non-hydrogen) atoms. The molecule has 148 valence electrons. The first-order valence-corrected chi connectivity index (χ1v) is 9.89. The third-order valence-corrected chi connectivity index (χ3v) is 5.13. The van der Waals surface area contributed by atoms with Gasteiger partial charge in [0.25, 0.3) is 5.91 Å². The first kappa shape index (κ1) is 20.3. The lowest BCUT2D eigenvalue weighted by molar-refractivity contribution is -0.122. The van der Waals surface area contributed by atoms with Crippen molar-refractivity contribution >= 4 is 33.4 Å². The Morgan fingerprint density at radius 2 is 1.71 bits per heavy atom. The number of para-hydroxylation sites is 1. The molecule has 1 saturated heterocycles. The van der Waals surface area contributed by atoms with Crippen molar-refractivity contribution in [3.63, 3.8) is 0 Å². The summed E-state index contributed by atoms with van der Waals surface area (Å²) in [6.45, 7) is 4.17. The fourth-order valence-corrected chi connectivity index (χ4v) is 3.42. The summed E-state index contributed by atoms with van der Waals surface area (Å²) in [4.78, 5) is 28.5. The molecule has 3 rings (SSSR count). The molecule has 0 spiro atoms. The van der Waals surface area contributed by atoms with E-state index in [-0.39, 0.29) is 17.9 Å². The summed E-state index contributed by atoms with van der Waals surface area (Å²) in [7, 11) is 0. The molecule has 1 heterocycles. The minimum absolute atomic E-state index is 0.133. The molecule has 2 aromatic carbocycles. The van der Waals surface area contributed by atoms with Gasteiger partial charge in [-0.25, -0.2) is 4.39 Å². The number of benzene rings is 2. The maximum absolute atomic E-state index is 13.7. The van der Waals surface area contributed by atoms with E-state index >= 15 is 0 Å². The number of hydrogen-bond acceptors (Lipinski definition) is 4. The number of nitrogens with one attached hydrogen (secondary N) is 2. The fraction of sp³-hybridized carbons (Fsp3) is 0.300. The number of carbonyl (C=O) groups is 2. The number of halogens is 2. The van der Waals surface area contributed by atoms with Crippen molar-refractivity contribution in [2.24, 2.45) is 0 Å². The van der Waals surface area contributed by atoms with Gasteiger partial charge in [0, 0.05) is 49.3 Å². The summed E-state index contributed by atoms with van der Waals surface area (Å²) in [5, 5.41) is 0. The van der Waals surface area contributed by atoms with Crippen LogP contribution in [0, 0.1) is 5.82 Å². The van der Waals surface area contributed by atoms with E-state index < -0.39 is 11.7 Å². The Morgan fingerprint density at radius 1 is 1.00 bits per heavy atom. The summed E-state index contributed by atoms with van der Waals surface area (Å²) < 4.78 is 14.3. The third kappa shape index (κ3) is 5.53. The average Bonchev–Trinajstić information content (AvgIpc) is 2.73. The number of amides is 2. The second-order valence-electron chi connectivity index (χ2n) is 6.54. The first-order valence-electron chi connectivity index (χ1n) is 9.09. The normalized spacial score (nSPS) is 14.6. The van der Waals surface area contributed by atoms with Crippen LogP contribution in [0.25, 0.3) is 0 Å². The van der Waals surface area contributed by atoms with Crippen molar-refractivity contribution < 1.29 is 14.0 Å². The minimum Gasteiger partial charge on any atom is -0.369 e. The molecule has 0 aliphatic carbocycles. The first-order chi connectivity index (χ1) is 13.5. The van der Waals surface area contributed by atoms with E-state index in [0.29, 0.717) is 11.0 Å². The van der Waals surface area contributed by atoms with Gasteiger partial charge in [-0.05, 0) is 30.3 Å². The maximum atomic E-state index is 13.7. The van der Waals surface area contributed by atoms with E-state index in [0.717, 1.165) is 26.2 Å². The van der Waals surface area contributed by atoms with E-state index in [9.17, 15) is 14.0 Å². The molecule has 0 bridgehead atoms. The predicted molar refractivity (Wildman–Crippen MR) is 109 cm³/mol. The third-order valence-electron chi connectivity index (χ3n) is 4.64. The summed E-state index contributed by atoms with van der Waals surface area (Å²) in [6, 6.07) is 14.3.